The van der Waals surface area contributed by atoms with Crippen LogP contribution in [0.1, 0.15) is 18.4 Å². The number of nitrogens with zero attached hydrogens (tertiary/aromatic N) is 5. The van der Waals surface area contributed by atoms with Crippen molar-refractivity contribution in [1.29, 1.82) is 0 Å². The molecule has 0 spiro atoms. The Balaban J connectivity index is 1.20. The summed E-state index contributed by atoms with van der Waals surface area (Å²) in [5.74, 6) is 0.865. The van der Waals surface area contributed by atoms with Gasteiger partial charge in [0.05, 0.1) is 29.2 Å². The van der Waals surface area contributed by atoms with Crippen LogP contribution >= 0.6 is 0 Å². The molecule has 50 heavy (non-hydrogen) atoms. The number of aromatic nitrogens is 3. The van der Waals surface area contributed by atoms with Crippen LogP contribution in [0.15, 0.2) is 65.8 Å². The number of sulfonamides is 1. The number of benzene rings is 2. The summed E-state index contributed by atoms with van der Waals surface area (Å²) in [4.78, 5) is 25.0. The molecule has 268 valence electrons. The standard InChI is InChI=1S/C35H47N7O6SSi/c1-50(2,3)19-18-48-25-42-32(21-31-33(36-24-37-34(31)42)41-14-16-47-17-15-41)27-9-11-28(12-10-27)39-49(45,46)30-8-4-6-26(20-30)22-40-13-5-7-29(23-40)38-35(43)44/h4,6,8-12,20-21,24,29,38-39H,5,7,13-19,22-23,25H2,1-3H3,(H,43,44)/t29-/m1/s1. The van der Waals surface area contributed by atoms with Gasteiger partial charge in [-0.2, -0.15) is 0 Å². The molecule has 6 rings (SSSR count). The molecule has 2 fully saturated rings. The van der Waals surface area contributed by atoms with Crippen LogP contribution in [0.25, 0.3) is 22.3 Å². The first-order chi connectivity index (χ1) is 23.9. The number of amides is 1. The van der Waals surface area contributed by atoms with E-state index < -0.39 is 24.2 Å². The maximum absolute atomic E-state index is 13.5. The first-order valence-electron chi connectivity index (χ1n) is 17.1. The van der Waals surface area contributed by atoms with Crippen LogP contribution < -0.4 is 14.9 Å². The fraction of sp³-hybridized carbons (Fsp3) is 0.457. The van der Waals surface area contributed by atoms with Crippen LogP contribution in [-0.4, -0.2) is 99.2 Å². The Bertz CT molecular complexity index is 1890. The summed E-state index contributed by atoms with van der Waals surface area (Å²) in [5.41, 5.74) is 3.88. The summed E-state index contributed by atoms with van der Waals surface area (Å²) in [6.45, 7) is 12.7. The van der Waals surface area contributed by atoms with Gasteiger partial charge in [0.2, 0.25) is 0 Å². The van der Waals surface area contributed by atoms with Crippen molar-refractivity contribution in [2.24, 2.45) is 0 Å². The normalized spacial score (nSPS) is 17.6. The first kappa shape index (κ1) is 35.8. The van der Waals surface area contributed by atoms with Crippen LogP contribution in [0.4, 0.5) is 16.3 Å². The molecule has 2 saturated heterocycles. The smallest absolute Gasteiger partial charge is 0.404 e. The Morgan fingerprint density at radius 2 is 1.84 bits per heavy atom. The zero-order valence-corrected chi connectivity index (χ0v) is 30.8. The van der Waals surface area contributed by atoms with Gasteiger partial charge in [0.25, 0.3) is 10.0 Å². The van der Waals surface area contributed by atoms with E-state index in [4.69, 9.17) is 14.6 Å². The number of nitrogens with one attached hydrogen (secondary N) is 2. The number of carboxylic acid groups (broad SMARTS) is 1. The molecule has 2 aromatic heterocycles. The van der Waals surface area contributed by atoms with Crippen molar-refractivity contribution in [2.75, 3.05) is 55.6 Å². The zero-order valence-electron chi connectivity index (χ0n) is 29.0. The van der Waals surface area contributed by atoms with Crippen molar-refractivity contribution in [2.45, 2.75) is 62.7 Å². The minimum Gasteiger partial charge on any atom is -0.465 e. The molecule has 2 aliphatic rings. The lowest BCUT2D eigenvalue weighted by atomic mass is 10.0. The van der Waals surface area contributed by atoms with Crippen LogP contribution in [0.3, 0.4) is 0 Å². The van der Waals surface area contributed by atoms with Crippen molar-refractivity contribution in [3.8, 4) is 11.3 Å². The van der Waals surface area contributed by atoms with E-state index in [-0.39, 0.29) is 10.9 Å². The maximum atomic E-state index is 13.5. The largest absolute Gasteiger partial charge is 0.465 e. The number of hydrogen-bond donors (Lipinski definition) is 3. The summed E-state index contributed by atoms with van der Waals surface area (Å²) in [7, 11) is -5.14. The average molecular weight is 722 g/mol. The molecule has 2 aromatic carbocycles. The van der Waals surface area contributed by atoms with Gasteiger partial charge >= 0.3 is 6.09 Å². The fourth-order valence-corrected chi connectivity index (χ4v) is 8.35. The number of ether oxygens (including phenoxy) is 2. The highest BCUT2D eigenvalue weighted by molar-refractivity contribution is 7.92. The Morgan fingerprint density at radius 1 is 1.06 bits per heavy atom. The van der Waals surface area contributed by atoms with E-state index in [0.29, 0.717) is 45.3 Å². The van der Waals surface area contributed by atoms with Gasteiger partial charge in [-0.1, -0.05) is 43.9 Å². The highest BCUT2D eigenvalue weighted by Gasteiger charge is 2.24. The van der Waals surface area contributed by atoms with E-state index in [2.05, 4.69) is 60.1 Å². The number of rotatable bonds is 13. The summed E-state index contributed by atoms with van der Waals surface area (Å²) in [6, 6.07) is 17.2. The third-order valence-electron chi connectivity index (χ3n) is 9.08. The molecule has 2 aliphatic heterocycles. The van der Waals surface area contributed by atoms with Crippen molar-refractivity contribution >= 4 is 46.7 Å². The molecule has 4 aromatic rings. The predicted octanol–water partition coefficient (Wildman–Crippen LogP) is 5.28. The number of fused-ring (bicyclic) bond motifs is 1. The second kappa shape index (κ2) is 15.5. The van der Waals surface area contributed by atoms with Crippen molar-refractivity contribution in [3.63, 3.8) is 0 Å². The van der Waals surface area contributed by atoms with Crippen molar-refractivity contribution in [1.82, 2.24) is 24.8 Å². The first-order valence-corrected chi connectivity index (χ1v) is 22.3. The quantitative estimate of drug-likeness (QED) is 0.123. The molecular formula is C35H47N7O6SSi. The van der Waals surface area contributed by atoms with E-state index in [1.54, 1.807) is 36.7 Å². The second-order valence-corrected chi connectivity index (χ2v) is 21.5. The van der Waals surface area contributed by atoms with Gasteiger partial charge in [0.1, 0.15) is 24.5 Å². The van der Waals surface area contributed by atoms with Gasteiger partial charge in [-0.25, -0.2) is 23.2 Å². The van der Waals surface area contributed by atoms with Crippen LogP contribution in [0.5, 0.6) is 0 Å². The minimum absolute atomic E-state index is 0.138. The highest BCUT2D eigenvalue weighted by Crippen LogP contribution is 2.33. The van der Waals surface area contributed by atoms with Crippen LogP contribution in [0, 0.1) is 0 Å². The lowest BCUT2D eigenvalue weighted by Crippen LogP contribution is -2.46. The van der Waals surface area contributed by atoms with E-state index in [9.17, 15) is 13.2 Å². The van der Waals surface area contributed by atoms with Crippen LogP contribution in [0.2, 0.25) is 25.7 Å². The Hall–Kier alpha value is -4.02. The molecule has 0 bridgehead atoms. The molecule has 3 N–H and O–H groups in total. The highest BCUT2D eigenvalue weighted by atomic mass is 32.2. The number of anilines is 2. The maximum Gasteiger partial charge on any atom is 0.404 e. The molecule has 0 saturated carbocycles. The van der Waals surface area contributed by atoms with E-state index in [0.717, 1.165) is 72.2 Å². The van der Waals surface area contributed by atoms with Crippen molar-refractivity contribution < 1.29 is 27.8 Å². The summed E-state index contributed by atoms with van der Waals surface area (Å²) < 4.78 is 43.6. The molecule has 1 amide bonds. The number of hydrogen-bond acceptors (Lipinski definition) is 9. The topological polar surface area (TPSA) is 151 Å². The lowest BCUT2D eigenvalue weighted by Gasteiger charge is -2.32. The summed E-state index contributed by atoms with van der Waals surface area (Å²) in [5, 5.41) is 12.6. The molecule has 0 unspecified atom stereocenters. The van der Waals surface area contributed by atoms with Gasteiger partial charge < -0.3 is 29.4 Å². The fourth-order valence-electron chi connectivity index (χ4n) is 6.47. The third kappa shape index (κ3) is 9.00. The molecule has 15 heteroatoms. The Morgan fingerprint density at radius 3 is 2.58 bits per heavy atom. The summed E-state index contributed by atoms with van der Waals surface area (Å²) >= 11 is 0. The molecule has 13 nitrogen and oxygen atoms in total. The second-order valence-electron chi connectivity index (χ2n) is 14.2. The predicted molar refractivity (Wildman–Crippen MR) is 197 cm³/mol. The SMILES string of the molecule is C[Si](C)(C)CCOCn1c(-c2ccc(NS(=O)(=O)c3cccc(CN4CCC[C@@H](NC(=O)O)C4)c3)cc2)cc2c(N3CCOCC3)ncnc21. The minimum atomic E-state index is -3.87. The molecule has 0 radical (unpaired) electrons. The molecule has 1 atom stereocenters. The monoisotopic (exact) mass is 721 g/mol. The molecule has 0 aliphatic carbocycles. The van der Waals surface area contributed by atoms with Crippen molar-refractivity contribution in [3.05, 3.63) is 66.5 Å². The molecule has 4 heterocycles. The van der Waals surface area contributed by atoms with Gasteiger partial charge in [-0.15, -0.1) is 0 Å². The van der Waals surface area contributed by atoms with Gasteiger partial charge in [-0.05, 0) is 66.9 Å². The lowest BCUT2D eigenvalue weighted by molar-refractivity contribution is 0.0909. The average Bonchev–Trinajstić information content (AvgIpc) is 3.45. The summed E-state index contributed by atoms with van der Waals surface area (Å²) in [6.07, 6.45) is 2.23. The number of likely N-dealkylation sites (tertiary alicyclic amines) is 1. The zero-order chi connectivity index (χ0) is 35.3. The molecular weight excluding hydrogens is 675 g/mol. The van der Waals surface area contributed by atoms with E-state index >= 15 is 0 Å². The third-order valence-corrected chi connectivity index (χ3v) is 12.2. The van der Waals surface area contributed by atoms with E-state index in [1.165, 1.54) is 0 Å². The number of piperidine rings is 1. The van der Waals surface area contributed by atoms with Gasteiger partial charge in [0.15, 0.2) is 0 Å². The number of morpholine rings is 1. The number of carbonyl (C=O) groups is 1. The Labute approximate surface area is 294 Å². The van der Waals surface area contributed by atoms with Gasteiger partial charge in [0, 0.05) is 52.6 Å². The van der Waals surface area contributed by atoms with E-state index in [1.807, 2.05) is 18.2 Å². The van der Waals surface area contributed by atoms with Crippen LogP contribution in [-0.2, 0) is 32.8 Å². The Kier molecular flexibility index (Phi) is 11.1. The van der Waals surface area contributed by atoms with Gasteiger partial charge in [-0.3, -0.25) is 9.62 Å².